The Kier molecular flexibility index (Phi) is 9.47. The molecular weight excluding hydrogens is 473 g/mol. The standard InChI is InChI=1S/C29H36FN3O4/c1-29(2,3)33(20-23-11-9-15-31(23)19-22-10-8-12-24(18-22)37-5)27(34)21-32(16-17-36-4)28(35)25-13-6-7-14-26(25)30/h6-15,18H,16-17,19-21H2,1-5H3. The third kappa shape index (κ3) is 7.43. The molecule has 0 atom stereocenters. The first-order chi connectivity index (χ1) is 17.6. The zero-order valence-corrected chi connectivity index (χ0v) is 22.2. The van der Waals surface area contributed by atoms with Crippen LogP contribution in [0.2, 0.25) is 0 Å². The molecule has 0 aliphatic heterocycles. The van der Waals surface area contributed by atoms with Gasteiger partial charge in [0.25, 0.3) is 5.91 Å². The average Bonchev–Trinajstić information content (AvgIpc) is 3.30. The van der Waals surface area contributed by atoms with E-state index in [-0.39, 0.29) is 31.2 Å². The summed E-state index contributed by atoms with van der Waals surface area (Å²) in [7, 11) is 3.16. The van der Waals surface area contributed by atoms with E-state index in [1.54, 1.807) is 18.1 Å². The van der Waals surface area contributed by atoms with Crippen LogP contribution in [0, 0.1) is 5.82 Å². The van der Waals surface area contributed by atoms with Crippen LogP contribution in [0.4, 0.5) is 4.39 Å². The van der Waals surface area contributed by atoms with Crippen molar-refractivity contribution in [3.63, 3.8) is 0 Å². The SMILES string of the molecule is COCCN(CC(=O)N(Cc1cccn1Cc1cccc(OC)c1)C(C)(C)C)C(=O)c1ccccc1F. The largest absolute Gasteiger partial charge is 0.497 e. The fraction of sp³-hybridized carbons (Fsp3) is 0.379. The van der Waals surface area contributed by atoms with Crippen molar-refractivity contribution in [1.29, 1.82) is 0 Å². The minimum atomic E-state index is -0.620. The lowest BCUT2D eigenvalue weighted by Crippen LogP contribution is -2.50. The maximum absolute atomic E-state index is 14.3. The molecule has 0 saturated heterocycles. The minimum Gasteiger partial charge on any atom is -0.497 e. The molecule has 7 nitrogen and oxygen atoms in total. The van der Waals surface area contributed by atoms with E-state index < -0.39 is 17.3 Å². The molecule has 8 heteroatoms. The third-order valence-electron chi connectivity index (χ3n) is 6.12. The predicted molar refractivity (Wildman–Crippen MR) is 141 cm³/mol. The summed E-state index contributed by atoms with van der Waals surface area (Å²) in [5.41, 5.74) is 1.44. The number of carbonyl (C=O) groups excluding carboxylic acids is 2. The fourth-order valence-electron chi connectivity index (χ4n) is 4.08. The van der Waals surface area contributed by atoms with Crippen LogP contribution in [-0.4, -0.2) is 65.6 Å². The second-order valence-corrected chi connectivity index (χ2v) is 9.83. The van der Waals surface area contributed by atoms with Crippen molar-refractivity contribution < 1.29 is 23.5 Å². The second kappa shape index (κ2) is 12.5. The second-order valence-electron chi connectivity index (χ2n) is 9.83. The molecule has 0 unspecified atom stereocenters. The summed E-state index contributed by atoms with van der Waals surface area (Å²) in [5.74, 6) is -0.611. The van der Waals surface area contributed by atoms with Crippen LogP contribution in [-0.2, 0) is 22.6 Å². The first-order valence-corrected chi connectivity index (χ1v) is 12.2. The number of nitrogens with zero attached hydrogens (tertiary/aromatic N) is 3. The van der Waals surface area contributed by atoms with Gasteiger partial charge in [-0.15, -0.1) is 0 Å². The van der Waals surface area contributed by atoms with Crippen LogP contribution in [0.15, 0.2) is 66.9 Å². The number of carbonyl (C=O) groups is 2. The summed E-state index contributed by atoms with van der Waals surface area (Å²) in [6, 6.07) is 17.6. The zero-order chi connectivity index (χ0) is 27.0. The molecule has 3 rings (SSSR count). The van der Waals surface area contributed by atoms with Gasteiger partial charge >= 0.3 is 0 Å². The quantitative estimate of drug-likeness (QED) is 0.379. The Balaban J connectivity index is 1.81. The summed E-state index contributed by atoms with van der Waals surface area (Å²) < 4.78 is 26.9. The van der Waals surface area contributed by atoms with Crippen molar-refractivity contribution in [3.8, 4) is 5.75 Å². The van der Waals surface area contributed by atoms with E-state index in [1.165, 1.54) is 30.2 Å². The Morgan fingerprint density at radius 3 is 2.43 bits per heavy atom. The molecule has 0 saturated carbocycles. The van der Waals surface area contributed by atoms with E-state index in [0.717, 1.165) is 17.0 Å². The molecule has 3 aromatic rings. The van der Waals surface area contributed by atoms with Gasteiger partial charge in [-0.1, -0.05) is 24.3 Å². The minimum absolute atomic E-state index is 0.0686. The van der Waals surface area contributed by atoms with Crippen molar-refractivity contribution in [2.24, 2.45) is 0 Å². The Labute approximate surface area is 218 Å². The van der Waals surface area contributed by atoms with Crippen LogP contribution >= 0.6 is 0 Å². The number of ether oxygens (including phenoxy) is 2. The van der Waals surface area contributed by atoms with Crippen molar-refractivity contribution in [3.05, 3.63) is 89.5 Å². The van der Waals surface area contributed by atoms with Crippen molar-refractivity contribution >= 4 is 11.8 Å². The van der Waals surface area contributed by atoms with Crippen LogP contribution in [0.25, 0.3) is 0 Å². The molecule has 0 aliphatic carbocycles. The Bertz CT molecular complexity index is 1200. The van der Waals surface area contributed by atoms with Gasteiger partial charge in [0.05, 0.1) is 25.8 Å². The topological polar surface area (TPSA) is 64.0 Å². The highest BCUT2D eigenvalue weighted by Crippen LogP contribution is 2.21. The first kappa shape index (κ1) is 27.9. The number of aromatic nitrogens is 1. The predicted octanol–water partition coefficient (Wildman–Crippen LogP) is 4.60. The van der Waals surface area contributed by atoms with Crippen LogP contribution in [0.5, 0.6) is 5.75 Å². The summed E-state index contributed by atoms with van der Waals surface area (Å²) in [5, 5.41) is 0. The molecule has 0 fully saturated rings. The third-order valence-corrected chi connectivity index (χ3v) is 6.12. The number of halogens is 1. The van der Waals surface area contributed by atoms with Gasteiger partial charge in [0.15, 0.2) is 0 Å². The van der Waals surface area contributed by atoms with E-state index >= 15 is 0 Å². The molecule has 0 spiro atoms. The van der Waals surface area contributed by atoms with Crippen molar-refractivity contribution in [2.75, 3.05) is 33.9 Å². The smallest absolute Gasteiger partial charge is 0.257 e. The zero-order valence-electron chi connectivity index (χ0n) is 22.2. The summed E-state index contributed by atoms with van der Waals surface area (Å²) in [4.78, 5) is 29.9. The lowest BCUT2D eigenvalue weighted by molar-refractivity contribution is -0.137. The molecule has 2 amide bonds. The van der Waals surface area contributed by atoms with E-state index in [4.69, 9.17) is 9.47 Å². The Hall–Kier alpha value is -3.65. The van der Waals surface area contributed by atoms with Gasteiger partial charge in [0, 0.05) is 37.6 Å². The maximum Gasteiger partial charge on any atom is 0.257 e. The number of amides is 2. The van der Waals surface area contributed by atoms with Gasteiger partial charge in [-0.2, -0.15) is 0 Å². The Morgan fingerprint density at radius 1 is 1.00 bits per heavy atom. The number of hydrogen-bond acceptors (Lipinski definition) is 4. The maximum atomic E-state index is 14.3. The molecule has 198 valence electrons. The van der Waals surface area contributed by atoms with E-state index in [0.29, 0.717) is 13.1 Å². The highest BCUT2D eigenvalue weighted by atomic mass is 19.1. The number of benzene rings is 2. The lowest BCUT2D eigenvalue weighted by Gasteiger charge is -2.37. The summed E-state index contributed by atoms with van der Waals surface area (Å²) in [6.45, 7) is 7.05. The van der Waals surface area contributed by atoms with Crippen molar-refractivity contribution in [1.82, 2.24) is 14.4 Å². The normalized spacial score (nSPS) is 11.3. The monoisotopic (exact) mass is 509 g/mol. The van der Waals surface area contributed by atoms with E-state index in [1.807, 2.05) is 63.4 Å². The van der Waals surface area contributed by atoms with E-state index in [2.05, 4.69) is 4.57 Å². The number of rotatable bonds is 11. The number of methoxy groups -OCH3 is 2. The highest BCUT2D eigenvalue weighted by Gasteiger charge is 2.30. The van der Waals surface area contributed by atoms with Crippen LogP contribution in [0.3, 0.4) is 0 Å². The molecule has 1 aromatic heterocycles. The van der Waals surface area contributed by atoms with Gasteiger partial charge in [-0.05, 0) is 62.7 Å². The molecule has 0 N–H and O–H groups in total. The van der Waals surface area contributed by atoms with Gasteiger partial charge in [-0.3, -0.25) is 9.59 Å². The Morgan fingerprint density at radius 2 is 1.76 bits per heavy atom. The molecule has 0 aliphatic rings. The van der Waals surface area contributed by atoms with Gasteiger partial charge in [-0.25, -0.2) is 4.39 Å². The van der Waals surface area contributed by atoms with Gasteiger partial charge in [0.2, 0.25) is 5.91 Å². The molecule has 2 aromatic carbocycles. The molecule has 0 bridgehead atoms. The fourth-order valence-corrected chi connectivity index (χ4v) is 4.08. The molecule has 1 heterocycles. The van der Waals surface area contributed by atoms with Crippen LogP contribution in [0.1, 0.15) is 42.4 Å². The average molecular weight is 510 g/mol. The van der Waals surface area contributed by atoms with E-state index in [9.17, 15) is 14.0 Å². The molecular formula is C29H36FN3O4. The first-order valence-electron chi connectivity index (χ1n) is 12.2. The molecule has 0 radical (unpaired) electrons. The summed E-state index contributed by atoms with van der Waals surface area (Å²) >= 11 is 0. The molecule has 37 heavy (non-hydrogen) atoms. The lowest BCUT2D eigenvalue weighted by atomic mass is 10.0. The van der Waals surface area contributed by atoms with Crippen LogP contribution < -0.4 is 4.74 Å². The van der Waals surface area contributed by atoms with Crippen molar-refractivity contribution in [2.45, 2.75) is 39.4 Å². The van der Waals surface area contributed by atoms with Gasteiger partial charge < -0.3 is 23.8 Å². The highest BCUT2D eigenvalue weighted by molar-refractivity contribution is 5.96. The summed E-state index contributed by atoms with van der Waals surface area (Å²) in [6.07, 6.45) is 1.98. The van der Waals surface area contributed by atoms with Gasteiger partial charge in [0.1, 0.15) is 18.1 Å². The number of hydrogen-bond donors (Lipinski definition) is 0.